The van der Waals surface area contributed by atoms with Crippen LogP contribution in [0.2, 0.25) is 0 Å². The number of ether oxygens (including phenoxy) is 2. The monoisotopic (exact) mass is 979 g/mol. The van der Waals surface area contributed by atoms with Crippen molar-refractivity contribution < 1.29 is 63.1 Å². The first-order valence-electron chi connectivity index (χ1n) is 27.8. The molecule has 0 aromatic rings. The number of phosphoric ester groups is 1. The molecule has 0 aromatic carbocycles. The summed E-state index contributed by atoms with van der Waals surface area (Å²) >= 11 is 0. The summed E-state index contributed by atoms with van der Waals surface area (Å²) in [6, 6.07) is 0. The number of phosphoric acid groups is 1. The molecule has 1 fully saturated rings. The van der Waals surface area contributed by atoms with E-state index in [4.69, 9.17) is 18.5 Å². The van der Waals surface area contributed by atoms with Crippen molar-refractivity contribution >= 4 is 19.8 Å². The van der Waals surface area contributed by atoms with Crippen LogP contribution in [0.15, 0.2) is 0 Å². The standard InChI is InChI=1S/C53H103O13P/c1-3-5-7-9-11-13-15-17-19-21-23-24-26-27-29-31-33-35-37-39-41-46(54)63-43-45(44-64-67(61,62)66-53-51(59)49(57)48(56)50(58)52(53)60)65-47(55)42-40-38-36-34-32-30-28-25-22-20-18-16-14-12-10-8-6-4-2/h45,48-53,56-60H,3-44H2,1-2H3,(H,61,62)/t45-,48?,49-,50?,51?,52?,53?/m0/s1. The highest BCUT2D eigenvalue weighted by molar-refractivity contribution is 7.47. The van der Waals surface area contributed by atoms with Gasteiger partial charge in [-0.2, -0.15) is 0 Å². The van der Waals surface area contributed by atoms with Crippen LogP contribution < -0.4 is 0 Å². The average Bonchev–Trinajstić information content (AvgIpc) is 3.31. The fraction of sp³-hybridized carbons (Fsp3) is 0.962. The van der Waals surface area contributed by atoms with Gasteiger partial charge in [0.1, 0.15) is 43.2 Å². The Hall–Kier alpha value is -1.15. The van der Waals surface area contributed by atoms with Gasteiger partial charge < -0.3 is 39.9 Å². The van der Waals surface area contributed by atoms with Crippen LogP contribution in [0.4, 0.5) is 0 Å². The van der Waals surface area contributed by atoms with Crippen molar-refractivity contribution in [3.8, 4) is 0 Å². The predicted octanol–water partition coefficient (Wildman–Crippen LogP) is 12.4. The number of unbranched alkanes of at least 4 members (excludes halogenated alkanes) is 36. The van der Waals surface area contributed by atoms with Crippen LogP contribution >= 0.6 is 7.82 Å². The Kier molecular flexibility index (Phi) is 41.6. The molecule has 14 heteroatoms. The molecule has 6 N–H and O–H groups in total. The SMILES string of the molecule is CCCCCCCCCCCCCCCCCCCCCCC(=O)OC[C@@H](COP(=O)(O)OC1C(O)C(O)C(O)[C@H](O)C1O)OC(=O)CCCCCCCCCCCCCCCCCCCC. The zero-order chi connectivity index (χ0) is 49.2. The quantitative estimate of drug-likeness (QED) is 0.0191. The lowest BCUT2D eigenvalue weighted by Gasteiger charge is -2.41. The van der Waals surface area contributed by atoms with E-state index < -0.39 is 75.7 Å². The second-order valence-electron chi connectivity index (χ2n) is 19.8. The van der Waals surface area contributed by atoms with Crippen molar-refractivity contribution in [1.82, 2.24) is 0 Å². The van der Waals surface area contributed by atoms with Crippen molar-refractivity contribution in [2.24, 2.45) is 0 Å². The third-order valence-corrected chi connectivity index (χ3v) is 14.4. The molecule has 1 aliphatic rings. The van der Waals surface area contributed by atoms with Crippen LogP contribution in [-0.2, 0) is 32.7 Å². The van der Waals surface area contributed by atoms with Gasteiger partial charge in [-0.25, -0.2) is 4.57 Å². The average molecular weight is 979 g/mol. The Labute approximate surface area is 408 Å². The molecule has 1 rings (SSSR count). The van der Waals surface area contributed by atoms with Gasteiger partial charge in [0.15, 0.2) is 6.10 Å². The number of carbonyl (C=O) groups excluding carboxylic acids is 2. The third-order valence-electron chi connectivity index (χ3n) is 13.4. The van der Waals surface area contributed by atoms with Crippen molar-refractivity contribution in [3.05, 3.63) is 0 Å². The molecule has 0 radical (unpaired) electrons. The number of aliphatic hydroxyl groups is 5. The maximum atomic E-state index is 12.9. The summed E-state index contributed by atoms with van der Waals surface area (Å²) in [5, 5.41) is 50.3. The Morgan fingerprint density at radius 3 is 0.985 bits per heavy atom. The van der Waals surface area contributed by atoms with Gasteiger partial charge in [-0.15, -0.1) is 0 Å². The van der Waals surface area contributed by atoms with Crippen LogP contribution in [0.1, 0.15) is 271 Å². The van der Waals surface area contributed by atoms with Crippen LogP contribution in [-0.4, -0.2) is 98.3 Å². The molecular weight excluding hydrogens is 876 g/mol. The van der Waals surface area contributed by atoms with E-state index in [-0.39, 0.29) is 12.8 Å². The van der Waals surface area contributed by atoms with E-state index in [2.05, 4.69) is 13.8 Å². The fourth-order valence-corrected chi connectivity index (χ4v) is 9.97. The minimum Gasteiger partial charge on any atom is -0.462 e. The van der Waals surface area contributed by atoms with E-state index in [0.717, 1.165) is 38.5 Å². The van der Waals surface area contributed by atoms with Crippen LogP contribution in [0.3, 0.4) is 0 Å². The molecule has 1 aliphatic carbocycles. The minimum atomic E-state index is -5.12. The first kappa shape index (κ1) is 63.9. The first-order valence-corrected chi connectivity index (χ1v) is 29.3. The van der Waals surface area contributed by atoms with E-state index in [9.17, 15) is 44.6 Å². The van der Waals surface area contributed by atoms with Crippen LogP contribution in [0.5, 0.6) is 0 Å². The zero-order valence-corrected chi connectivity index (χ0v) is 43.6. The first-order chi connectivity index (χ1) is 32.4. The lowest BCUT2D eigenvalue weighted by Crippen LogP contribution is -2.64. The summed E-state index contributed by atoms with van der Waals surface area (Å²) in [5.74, 6) is -1.08. The Morgan fingerprint density at radius 2 is 0.672 bits per heavy atom. The zero-order valence-electron chi connectivity index (χ0n) is 42.7. The molecule has 6 unspecified atom stereocenters. The smallest absolute Gasteiger partial charge is 0.462 e. The number of hydrogen-bond acceptors (Lipinski definition) is 12. The topological polar surface area (TPSA) is 210 Å². The number of hydrogen-bond donors (Lipinski definition) is 6. The Balaban J connectivity index is 2.33. The highest BCUT2D eigenvalue weighted by Crippen LogP contribution is 2.47. The van der Waals surface area contributed by atoms with Gasteiger partial charge in [0.2, 0.25) is 0 Å². The number of aliphatic hydroxyl groups excluding tert-OH is 5. The van der Waals surface area contributed by atoms with Gasteiger partial charge in [0.25, 0.3) is 0 Å². The number of carbonyl (C=O) groups is 2. The summed E-state index contributed by atoms with van der Waals surface area (Å²) < 4.78 is 33.7. The highest BCUT2D eigenvalue weighted by atomic mass is 31.2. The summed E-state index contributed by atoms with van der Waals surface area (Å²) in [6.45, 7) is 3.37. The van der Waals surface area contributed by atoms with Crippen molar-refractivity contribution in [3.63, 3.8) is 0 Å². The molecule has 0 aliphatic heterocycles. The van der Waals surface area contributed by atoms with Gasteiger partial charge >= 0.3 is 19.8 Å². The van der Waals surface area contributed by atoms with Crippen LogP contribution in [0.25, 0.3) is 0 Å². The lowest BCUT2D eigenvalue weighted by atomic mass is 9.85. The van der Waals surface area contributed by atoms with E-state index >= 15 is 0 Å². The second-order valence-corrected chi connectivity index (χ2v) is 21.2. The number of esters is 2. The van der Waals surface area contributed by atoms with Gasteiger partial charge in [0, 0.05) is 12.8 Å². The molecule has 0 aromatic heterocycles. The van der Waals surface area contributed by atoms with E-state index in [0.29, 0.717) is 12.8 Å². The Morgan fingerprint density at radius 1 is 0.403 bits per heavy atom. The molecule has 0 spiro atoms. The van der Waals surface area contributed by atoms with E-state index in [1.54, 1.807) is 0 Å². The van der Waals surface area contributed by atoms with Gasteiger partial charge in [-0.05, 0) is 12.8 Å². The molecule has 67 heavy (non-hydrogen) atoms. The molecular formula is C53H103O13P. The molecule has 13 nitrogen and oxygen atoms in total. The van der Waals surface area contributed by atoms with Gasteiger partial charge in [-0.3, -0.25) is 18.6 Å². The molecule has 0 heterocycles. The largest absolute Gasteiger partial charge is 0.472 e. The normalized spacial score (nSPS) is 21.0. The maximum Gasteiger partial charge on any atom is 0.472 e. The third kappa shape index (κ3) is 35.6. The minimum absolute atomic E-state index is 0.106. The lowest BCUT2D eigenvalue weighted by molar-refractivity contribution is -0.220. The molecule has 8 atom stereocenters. The second kappa shape index (κ2) is 43.6. The van der Waals surface area contributed by atoms with Crippen molar-refractivity contribution in [2.75, 3.05) is 13.2 Å². The van der Waals surface area contributed by atoms with Crippen LogP contribution in [0, 0.1) is 0 Å². The highest BCUT2D eigenvalue weighted by Gasteiger charge is 2.51. The molecule has 0 bridgehead atoms. The summed E-state index contributed by atoms with van der Waals surface area (Å²) in [4.78, 5) is 35.9. The molecule has 0 amide bonds. The fourth-order valence-electron chi connectivity index (χ4n) is 9.00. The molecule has 398 valence electrons. The van der Waals surface area contributed by atoms with Crippen molar-refractivity contribution in [2.45, 2.75) is 313 Å². The summed E-state index contributed by atoms with van der Waals surface area (Å²) in [6.07, 6.45) is 34.3. The Bertz CT molecular complexity index is 1180. The summed E-state index contributed by atoms with van der Waals surface area (Å²) in [5.41, 5.74) is 0. The van der Waals surface area contributed by atoms with Gasteiger partial charge in [-0.1, -0.05) is 245 Å². The summed E-state index contributed by atoms with van der Waals surface area (Å²) in [7, 11) is -5.12. The maximum absolute atomic E-state index is 12.9. The van der Waals surface area contributed by atoms with E-state index in [1.165, 1.54) is 193 Å². The predicted molar refractivity (Wildman–Crippen MR) is 268 cm³/mol. The molecule has 0 saturated heterocycles. The van der Waals surface area contributed by atoms with E-state index in [1.807, 2.05) is 0 Å². The van der Waals surface area contributed by atoms with Gasteiger partial charge in [0.05, 0.1) is 6.61 Å². The van der Waals surface area contributed by atoms with Crippen molar-refractivity contribution in [1.29, 1.82) is 0 Å². The number of rotatable bonds is 48. The molecule has 1 saturated carbocycles.